The molecule has 5 nitrogen and oxygen atoms in total. The smallest absolute Gasteiger partial charge is 0.303 e. The third kappa shape index (κ3) is 6.94. The van der Waals surface area contributed by atoms with Crippen molar-refractivity contribution in [3.05, 3.63) is 0 Å². The fourth-order valence-corrected chi connectivity index (χ4v) is 1.72. The van der Waals surface area contributed by atoms with Crippen molar-refractivity contribution in [2.45, 2.75) is 44.6 Å². The molecule has 5 heteroatoms. The van der Waals surface area contributed by atoms with E-state index < -0.39 is 5.97 Å². The summed E-state index contributed by atoms with van der Waals surface area (Å²) in [5.41, 5.74) is 0. The molecule has 98 valence electrons. The number of unbranched alkanes of at least 4 members (excludes halogenated alkanes) is 1. The van der Waals surface area contributed by atoms with Gasteiger partial charge in [-0.1, -0.05) is 0 Å². The number of carbonyl (C=O) groups excluding carboxylic acids is 1. The summed E-state index contributed by atoms with van der Waals surface area (Å²) in [7, 11) is 2.08. The second-order valence-electron chi connectivity index (χ2n) is 4.66. The largest absolute Gasteiger partial charge is 0.481 e. The van der Waals surface area contributed by atoms with Gasteiger partial charge in [-0.25, -0.2) is 0 Å². The molecule has 1 aliphatic carbocycles. The van der Waals surface area contributed by atoms with E-state index in [1.54, 1.807) is 0 Å². The lowest BCUT2D eigenvalue weighted by Gasteiger charge is -2.15. The fraction of sp³-hybridized carbons (Fsp3) is 0.833. The molecule has 0 heterocycles. The van der Waals surface area contributed by atoms with Gasteiger partial charge in [-0.15, -0.1) is 0 Å². The number of carboxylic acids is 1. The molecule has 1 aliphatic rings. The van der Waals surface area contributed by atoms with Crippen LogP contribution < -0.4 is 5.32 Å². The SMILES string of the molecule is CN(CCNC(=O)CCCCC(=O)O)C1CC1. The van der Waals surface area contributed by atoms with E-state index in [1.807, 2.05) is 0 Å². The van der Waals surface area contributed by atoms with Crippen LogP contribution in [0.5, 0.6) is 0 Å². The highest BCUT2D eigenvalue weighted by atomic mass is 16.4. The van der Waals surface area contributed by atoms with Crippen LogP contribution in [-0.2, 0) is 9.59 Å². The molecule has 0 saturated heterocycles. The summed E-state index contributed by atoms with van der Waals surface area (Å²) in [5, 5.41) is 11.3. The zero-order valence-corrected chi connectivity index (χ0v) is 10.4. The summed E-state index contributed by atoms with van der Waals surface area (Å²) < 4.78 is 0. The number of rotatable bonds is 9. The molecule has 0 unspecified atom stereocenters. The van der Waals surface area contributed by atoms with Crippen molar-refractivity contribution in [2.24, 2.45) is 0 Å². The lowest BCUT2D eigenvalue weighted by atomic mass is 10.2. The van der Waals surface area contributed by atoms with Crippen LogP contribution in [0.3, 0.4) is 0 Å². The summed E-state index contributed by atoms with van der Waals surface area (Å²) in [6.07, 6.45) is 4.36. The number of likely N-dealkylation sites (N-methyl/N-ethyl adjacent to an activating group) is 1. The molecule has 1 saturated carbocycles. The molecule has 0 bridgehead atoms. The molecule has 0 spiro atoms. The Hall–Kier alpha value is -1.10. The highest BCUT2D eigenvalue weighted by Gasteiger charge is 2.25. The van der Waals surface area contributed by atoms with Gasteiger partial charge in [-0.3, -0.25) is 9.59 Å². The first-order valence-corrected chi connectivity index (χ1v) is 6.28. The monoisotopic (exact) mass is 242 g/mol. The molecule has 1 amide bonds. The zero-order chi connectivity index (χ0) is 12.7. The van der Waals surface area contributed by atoms with Gasteiger partial charge in [0.1, 0.15) is 0 Å². The van der Waals surface area contributed by atoms with E-state index in [2.05, 4.69) is 17.3 Å². The Labute approximate surface area is 102 Å². The molecule has 1 fully saturated rings. The van der Waals surface area contributed by atoms with E-state index in [4.69, 9.17) is 5.11 Å². The summed E-state index contributed by atoms with van der Waals surface area (Å²) in [6, 6.07) is 0.725. The normalized spacial score (nSPS) is 14.9. The average Bonchev–Trinajstić information content (AvgIpc) is 3.07. The Balaban J connectivity index is 1.91. The van der Waals surface area contributed by atoms with Gasteiger partial charge in [-0.05, 0) is 32.7 Å². The highest BCUT2D eigenvalue weighted by molar-refractivity contribution is 5.75. The Kier molecular flexibility index (Phi) is 5.97. The molecule has 1 rings (SSSR count). The molecular formula is C12H22N2O3. The Morgan fingerprint density at radius 3 is 2.53 bits per heavy atom. The van der Waals surface area contributed by atoms with Gasteiger partial charge in [0.15, 0.2) is 0 Å². The lowest BCUT2D eigenvalue weighted by molar-refractivity contribution is -0.137. The van der Waals surface area contributed by atoms with Gasteiger partial charge in [0.05, 0.1) is 0 Å². The van der Waals surface area contributed by atoms with E-state index >= 15 is 0 Å². The fourth-order valence-electron chi connectivity index (χ4n) is 1.72. The number of hydrogen-bond acceptors (Lipinski definition) is 3. The maximum absolute atomic E-state index is 11.4. The van der Waals surface area contributed by atoms with Gasteiger partial charge in [0.25, 0.3) is 0 Å². The Morgan fingerprint density at radius 2 is 1.94 bits per heavy atom. The van der Waals surface area contributed by atoms with Crippen molar-refractivity contribution in [3.8, 4) is 0 Å². The lowest BCUT2D eigenvalue weighted by Crippen LogP contribution is -2.33. The number of carboxylic acid groups (broad SMARTS) is 1. The van der Waals surface area contributed by atoms with Crippen molar-refractivity contribution in [1.29, 1.82) is 0 Å². The maximum Gasteiger partial charge on any atom is 0.303 e. The molecule has 0 aliphatic heterocycles. The number of nitrogens with one attached hydrogen (secondary N) is 1. The van der Waals surface area contributed by atoms with Crippen LogP contribution in [0, 0.1) is 0 Å². The van der Waals surface area contributed by atoms with Crippen LogP contribution in [0.15, 0.2) is 0 Å². The predicted octanol–water partition coefficient (Wildman–Crippen LogP) is 0.842. The van der Waals surface area contributed by atoms with Crippen LogP contribution >= 0.6 is 0 Å². The van der Waals surface area contributed by atoms with Gasteiger partial charge >= 0.3 is 5.97 Å². The van der Waals surface area contributed by atoms with Gasteiger partial charge in [0.2, 0.25) is 5.91 Å². The third-order valence-electron chi connectivity index (χ3n) is 3.00. The van der Waals surface area contributed by atoms with Crippen molar-refractivity contribution in [1.82, 2.24) is 10.2 Å². The van der Waals surface area contributed by atoms with E-state index in [0.717, 1.165) is 12.6 Å². The first-order valence-electron chi connectivity index (χ1n) is 6.28. The molecule has 2 N–H and O–H groups in total. The van der Waals surface area contributed by atoms with E-state index in [-0.39, 0.29) is 12.3 Å². The minimum atomic E-state index is -0.795. The van der Waals surface area contributed by atoms with Crippen LogP contribution in [0.25, 0.3) is 0 Å². The Morgan fingerprint density at radius 1 is 1.29 bits per heavy atom. The van der Waals surface area contributed by atoms with Crippen molar-refractivity contribution in [2.75, 3.05) is 20.1 Å². The second-order valence-corrected chi connectivity index (χ2v) is 4.66. The third-order valence-corrected chi connectivity index (χ3v) is 3.00. The molecule has 0 aromatic carbocycles. The van der Waals surface area contributed by atoms with Crippen LogP contribution in [0.4, 0.5) is 0 Å². The molecule has 17 heavy (non-hydrogen) atoms. The van der Waals surface area contributed by atoms with Crippen molar-refractivity contribution in [3.63, 3.8) is 0 Å². The minimum absolute atomic E-state index is 0.0274. The van der Waals surface area contributed by atoms with Crippen molar-refractivity contribution >= 4 is 11.9 Å². The van der Waals surface area contributed by atoms with Gasteiger partial charge < -0.3 is 15.3 Å². The van der Waals surface area contributed by atoms with E-state index in [0.29, 0.717) is 25.8 Å². The van der Waals surface area contributed by atoms with Crippen molar-refractivity contribution < 1.29 is 14.7 Å². The molecule has 0 atom stereocenters. The van der Waals surface area contributed by atoms with E-state index in [1.165, 1.54) is 12.8 Å². The summed E-state index contributed by atoms with van der Waals surface area (Å²) in [6.45, 7) is 1.58. The summed E-state index contributed by atoms with van der Waals surface area (Å²) >= 11 is 0. The molecule has 0 aromatic rings. The predicted molar refractivity (Wildman–Crippen MR) is 64.8 cm³/mol. The van der Waals surface area contributed by atoms with Gasteiger partial charge in [-0.2, -0.15) is 0 Å². The summed E-state index contributed by atoms with van der Waals surface area (Å²) in [5.74, 6) is -0.768. The van der Waals surface area contributed by atoms with E-state index in [9.17, 15) is 9.59 Å². The average molecular weight is 242 g/mol. The number of hydrogen-bond donors (Lipinski definition) is 2. The molecule has 0 aromatic heterocycles. The molecule has 0 radical (unpaired) electrons. The number of nitrogens with zero attached hydrogens (tertiary/aromatic N) is 1. The minimum Gasteiger partial charge on any atom is -0.481 e. The highest BCUT2D eigenvalue weighted by Crippen LogP contribution is 2.24. The number of aliphatic carboxylic acids is 1. The van der Waals surface area contributed by atoms with Crippen LogP contribution in [0.2, 0.25) is 0 Å². The topological polar surface area (TPSA) is 69.6 Å². The number of amides is 1. The first kappa shape index (κ1) is 14.0. The molecular weight excluding hydrogens is 220 g/mol. The quantitative estimate of drug-likeness (QED) is 0.588. The summed E-state index contributed by atoms with van der Waals surface area (Å²) in [4.78, 5) is 23.9. The van der Waals surface area contributed by atoms with Gasteiger partial charge in [0, 0.05) is 32.0 Å². The van der Waals surface area contributed by atoms with Crippen LogP contribution in [0.1, 0.15) is 38.5 Å². The zero-order valence-electron chi connectivity index (χ0n) is 10.4. The van der Waals surface area contributed by atoms with Crippen LogP contribution in [-0.4, -0.2) is 48.1 Å². The Bertz CT molecular complexity index is 264. The second kappa shape index (κ2) is 7.27. The standard InChI is InChI=1S/C12H22N2O3/c1-14(10-6-7-10)9-8-13-11(15)4-2-3-5-12(16)17/h10H,2-9H2,1H3,(H,13,15)(H,16,17). The number of carbonyl (C=O) groups is 2. The maximum atomic E-state index is 11.4. The first-order chi connectivity index (χ1) is 8.09.